The van der Waals surface area contributed by atoms with Gasteiger partial charge in [-0.2, -0.15) is 0 Å². The lowest BCUT2D eigenvalue weighted by Gasteiger charge is -2.14. The van der Waals surface area contributed by atoms with Crippen LogP contribution in [-0.2, 0) is 4.74 Å². The summed E-state index contributed by atoms with van der Waals surface area (Å²) in [7, 11) is 0. The third-order valence-electron chi connectivity index (χ3n) is 3.09. The van der Waals surface area contributed by atoms with Gasteiger partial charge >= 0.3 is 0 Å². The summed E-state index contributed by atoms with van der Waals surface area (Å²) >= 11 is 0. The van der Waals surface area contributed by atoms with E-state index >= 15 is 0 Å². The van der Waals surface area contributed by atoms with Gasteiger partial charge in [0, 0.05) is 18.6 Å². The van der Waals surface area contributed by atoms with Gasteiger partial charge in [-0.15, -0.1) is 0 Å². The van der Waals surface area contributed by atoms with Crippen LogP contribution >= 0.6 is 0 Å². The summed E-state index contributed by atoms with van der Waals surface area (Å²) in [4.78, 5) is 0. The van der Waals surface area contributed by atoms with Gasteiger partial charge in [-0.3, -0.25) is 0 Å². The lowest BCUT2D eigenvalue weighted by atomic mass is 10.1. The van der Waals surface area contributed by atoms with Crippen molar-refractivity contribution in [1.29, 1.82) is 0 Å². The molecule has 1 aliphatic heterocycles. The normalized spacial score (nSPS) is 21.4. The molecule has 1 aromatic rings. The van der Waals surface area contributed by atoms with E-state index in [1.54, 1.807) is 6.92 Å². The van der Waals surface area contributed by atoms with E-state index in [9.17, 15) is 5.11 Å². The molecular formula is C14H20O3. The average molecular weight is 236 g/mol. The molecule has 17 heavy (non-hydrogen) atoms. The average Bonchev–Trinajstić information content (AvgIpc) is 2.82. The molecule has 1 fully saturated rings. The van der Waals surface area contributed by atoms with Crippen LogP contribution in [0.4, 0.5) is 0 Å². The molecule has 1 heterocycles. The second kappa shape index (κ2) is 6.03. The predicted molar refractivity (Wildman–Crippen MR) is 66.2 cm³/mol. The van der Waals surface area contributed by atoms with Gasteiger partial charge < -0.3 is 14.6 Å². The highest BCUT2D eigenvalue weighted by molar-refractivity contribution is 5.34. The summed E-state index contributed by atoms with van der Waals surface area (Å²) < 4.78 is 11.3. The van der Waals surface area contributed by atoms with Crippen molar-refractivity contribution in [2.24, 2.45) is 0 Å². The van der Waals surface area contributed by atoms with Crippen LogP contribution in [0.5, 0.6) is 5.75 Å². The monoisotopic (exact) mass is 236 g/mol. The number of benzene rings is 1. The second-order valence-electron chi connectivity index (χ2n) is 4.49. The molecule has 1 saturated heterocycles. The van der Waals surface area contributed by atoms with Crippen molar-refractivity contribution in [3.63, 3.8) is 0 Å². The van der Waals surface area contributed by atoms with E-state index in [0.29, 0.717) is 12.7 Å². The Bertz CT molecular complexity index is 343. The maximum absolute atomic E-state index is 9.61. The molecule has 2 rings (SSSR count). The largest absolute Gasteiger partial charge is 0.493 e. The van der Waals surface area contributed by atoms with Crippen LogP contribution in [0.2, 0.25) is 0 Å². The van der Waals surface area contributed by atoms with Crippen LogP contribution in [-0.4, -0.2) is 24.4 Å². The van der Waals surface area contributed by atoms with Crippen molar-refractivity contribution in [1.82, 2.24) is 0 Å². The predicted octanol–water partition coefficient (Wildman–Crippen LogP) is 2.69. The smallest absolute Gasteiger partial charge is 0.125 e. The van der Waals surface area contributed by atoms with Gasteiger partial charge in [-0.1, -0.05) is 18.2 Å². The molecule has 0 saturated carbocycles. The molecule has 0 bridgehead atoms. The Balaban J connectivity index is 1.85. The zero-order valence-electron chi connectivity index (χ0n) is 10.3. The SMILES string of the molecule is C[C@H](O)c1ccccc1OCCC1CCCO1. The number of para-hydroxylation sites is 1. The van der Waals surface area contributed by atoms with Gasteiger partial charge in [-0.25, -0.2) is 0 Å². The lowest BCUT2D eigenvalue weighted by molar-refractivity contribution is 0.0896. The van der Waals surface area contributed by atoms with Crippen molar-refractivity contribution in [3.8, 4) is 5.75 Å². The van der Waals surface area contributed by atoms with Crippen LogP contribution in [0.25, 0.3) is 0 Å². The molecule has 0 amide bonds. The molecule has 0 aromatic heterocycles. The topological polar surface area (TPSA) is 38.7 Å². The number of hydrogen-bond donors (Lipinski definition) is 1. The Morgan fingerprint density at radius 3 is 3.00 bits per heavy atom. The van der Waals surface area contributed by atoms with E-state index in [1.807, 2.05) is 24.3 Å². The highest BCUT2D eigenvalue weighted by Crippen LogP contribution is 2.25. The molecule has 0 radical (unpaired) electrons. The van der Waals surface area contributed by atoms with Crippen molar-refractivity contribution >= 4 is 0 Å². The fourth-order valence-electron chi connectivity index (χ4n) is 2.13. The number of hydrogen-bond acceptors (Lipinski definition) is 3. The standard InChI is InChI=1S/C14H20O3/c1-11(15)13-6-2-3-7-14(13)17-10-8-12-5-4-9-16-12/h2-3,6-7,11-12,15H,4-5,8-10H2,1H3/t11-,12?/m0/s1. The minimum atomic E-state index is -0.492. The third-order valence-corrected chi connectivity index (χ3v) is 3.09. The highest BCUT2D eigenvalue weighted by atomic mass is 16.5. The first-order valence-electron chi connectivity index (χ1n) is 6.29. The Labute approximate surface area is 102 Å². The van der Waals surface area contributed by atoms with E-state index in [1.165, 1.54) is 0 Å². The molecule has 1 aromatic carbocycles. The van der Waals surface area contributed by atoms with Crippen LogP contribution in [0, 0.1) is 0 Å². The summed E-state index contributed by atoms with van der Waals surface area (Å²) in [5, 5.41) is 9.61. The minimum absolute atomic E-state index is 0.355. The first-order valence-corrected chi connectivity index (χ1v) is 6.29. The van der Waals surface area contributed by atoms with E-state index in [4.69, 9.17) is 9.47 Å². The van der Waals surface area contributed by atoms with Gasteiger partial charge in [0.2, 0.25) is 0 Å². The van der Waals surface area contributed by atoms with Gasteiger partial charge in [0.15, 0.2) is 0 Å². The van der Waals surface area contributed by atoms with Gasteiger partial charge in [0.05, 0.1) is 18.8 Å². The van der Waals surface area contributed by atoms with E-state index < -0.39 is 6.10 Å². The maximum atomic E-state index is 9.61. The fourth-order valence-corrected chi connectivity index (χ4v) is 2.13. The first kappa shape index (κ1) is 12.4. The minimum Gasteiger partial charge on any atom is -0.493 e. The number of ether oxygens (including phenoxy) is 2. The molecule has 1 N–H and O–H groups in total. The first-order chi connectivity index (χ1) is 8.27. The second-order valence-corrected chi connectivity index (χ2v) is 4.49. The van der Waals surface area contributed by atoms with Crippen molar-refractivity contribution < 1.29 is 14.6 Å². The Morgan fingerprint density at radius 2 is 2.29 bits per heavy atom. The van der Waals surface area contributed by atoms with E-state index in [2.05, 4.69) is 0 Å². The molecular weight excluding hydrogens is 216 g/mol. The zero-order valence-corrected chi connectivity index (χ0v) is 10.3. The summed E-state index contributed by atoms with van der Waals surface area (Å²) in [5.74, 6) is 0.778. The quantitative estimate of drug-likeness (QED) is 0.854. The summed E-state index contributed by atoms with van der Waals surface area (Å²) in [6.07, 6.45) is 3.09. The maximum Gasteiger partial charge on any atom is 0.125 e. The molecule has 3 nitrogen and oxygen atoms in total. The molecule has 1 unspecified atom stereocenters. The van der Waals surface area contributed by atoms with Crippen LogP contribution in [0.1, 0.15) is 37.9 Å². The zero-order chi connectivity index (χ0) is 12.1. The molecule has 0 aliphatic carbocycles. The Hall–Kier alpha value is -1.06. The van der Waals surface area contributed by atoms with Gasteiger partial charge in [0.25, 0.3) is 0 Å². The fraction of sp³-hybridized carbons (Fsp3) is 0.571. The summed E-state index contributed by atoms with van der Waals surface area (Å²) in [6.45, 7) is 3.28. The van der Waals surface area contributed by atoms with Crippen LogP contribution in [0.15, 0.2) is 24.3 Å². The number of aliphatic hydroxyl groups is 1. The molecule has 94 valence electrons. The van der Waals surface area contributed by atoms with Crippen molar-refractivity contribution in [2.75, 3.05) is 13.2 Å². The van der Waals surface area contributed by atoms with E-state index in [0.717, 1.165) is 37.2 Å². The summed E-state index contributed by atoms with van der Waals surface area (Å²) in [6, 6.07) is 7.63. The highest BCUT2D eigenvalue weighted by Gasteiger charge is 2.15. The van der Waals surface area contributed by atoms with Crippen LogP contribution in [0.3, 0.4) is 0 Å². The van der Waals surface area contributed by atoms with E-state index in [-0.39, 0.29) is 0 Å². The van der Waals surface area contributed by atoms with Crippen molar-refractivity contribution in [3.05, 3.63) is 29.8 Å². The van der Waals surface area contributed by atoms with Gasteiger partial charge in [-0.05, 0) is 25.8 Å². The number of aliphatic hydroxyl groups excluding tert-OH is 1. The molecule has 1 aliphatic rings. The Kier molecular flexibility index (Phi) is 4.40. The van der Waals surface area contributed by atoms with Gasteiger partial charge in [0.1, 0.15) is 5.75 Å². The summed E-state index contributed by atoms with van der Waals surface area (Å²) in [5.41, 5.74) is 0.847. The molecule has 0 spiro atoms. The Morgan fingerprint density at radius 1 is 1.47 bits per heavy atom. The number of rotatable bonds is 5. The molecule has 3 heteroatoms. The van der Waals surface area contributed by atoms with Crippen molar-refractivity contribution in [2.45, 2.75) is 38.4 Å². The molecule has 2 atom stereocenters. The van der Waals surface area contributed by atoms with Crippen LogP contribution < -0.4 is 4.74 Å². The lowest BCUT2D eigenvalue weighted by Crippen LogP contribution is -2.11. The third kappa shape index (κ3) is 3.45.